The molecule has 0 aromatic heterocycles. The van der Waals surface area contributed by atoms with Crippen LogP contribution in [0.25, 0.3) is 0 Å². The van der Waals surface area contributed by atoms with Gasteiger partial charge in [0.15, 0.2) is 5.78 Å². The molecule has 0 aliphatic carbocycles. The number of hydrogen-bond donors (Lipinski definition) is 2. The fourth-order valence-corrected chi connectivity index (χ4v) is 1.90. The Balaban J connectivity index is 2.54. The average Bonchev–Trinajstić information content (AvgIpc) is 2.37. The Morgan fingerprint density at radius 2 is 2.18 bits per heavy atom. The van der Waals surface area contributed by atoms with E-state index < -0.39 is 0 Å². The zero-order valence-electron chi connectivity index (χ0n) is 9.21. The summed E-state index contributed by atoms with van der Waals surface area (Å²) in [5.74, 6) is -0.384. The monoisotopic (exact) mass is 250 g/mol. The fourth-order valence-electron chi connectivity index (χ4n) is 1.73. The van der Waals surface area contributed by atoms with Crippen molar-refractivity contribution < 1.29 is 9.59 Å². The van der Waals surface area contributed by atoms with E-state index in [1.54, 1.807) is 31.4 Å². The molecule has 88 valence electrons. The van der Waals surface area contributed by atoms with E-state index in [0.29, 0.717) is 21.8 Å². The molecule has 4 nitrogen and oxygen atoms in total. The van der Waals surface area contributed by atoms with Gasteiger partial charge in [0.1, 0.15) is 0 Å². The minimum atomic E-state index is -0.221. The molecule has 0 saturated carbocycles. The lowest BCUT2D eigenvalue weighted by Crippen LogP contribution is -2.11. The number of anilines is 1. The van der Waals surface area contributed by atoms with Crippen LogP contribution in [-0.4, -0.2) is 18.7 Å². The molecule has 0 spiro atoms. The Labute approximate surface area is 104 Å². The van der Waals surface area contributed by atoms with Crippen molar-refractivity contribution in [2.24, 2.45) is 0 Å². The molecule has 1 amide bonds. The van der Waals surface area contributed by atoms with Crippen molar-refractivity contribution in [3.8, 4) is 0 Å². The van der Waals surface area contributed by atoms with Crippen LogP contribution in [0.15, 0.2) is 30.0 Å². The second-order valence-corrected chi connectivity index (χ2v) is 4.14. The summed E-state index contributed by atoms with van der Waals surface area (Å²) in [6.07, 6.45) is 1.61. The number of Topliss-reactive ketones (excluding diaryl/α,β-unsaturated/α-hetero) is 1. The number of nitrogens with one attached hydrogen (secondary N) is 2. The molecule has 0 atom stereocenters. The Kier molecular flexibility index (Phi) is 3.15. The van der Waals surface area contributed by atoms with Gasteiger partial charge in [-0.25, -0.2) is 0 Å². The highest BCUT2D eigenvalue weighted by atomic mass is 35.5. The second kappa shape index (κ2) is 4.59. The lowest BCUT2D eigenvalue weighted by atomic mass is 10.0. The topological polar surface area (TPSA) is 58.2 Å². The molecule has 17 heavy (non-hydrogen) atoms. The van der Waals surface area contributed by atoms with E-state index in [4.69, 9.17) is 11.6 Å². The SMILES string of the molecule is CNC=C1CC(=O)Nc2cc(Cl)ccc2C1=O. The Morgan fingerprint density at radius 3 is 2.88 bits per heavy atom. The largest absolute Gasteiger partial charge is 0.394 e. The summed E-state index contributed by atoms with van der Waals surface area (Å²) in [5.41, 5.74) is 1.36. The van der Waals surface area contributed by atoms with Gasteiger partial charge >= 0.3 is 0 Å². The molecule has 0 unspecified atom stereocenters. The van der Waals surface area contributed by atoms with Crippen molar-refractivity contribution in [3.05, 3.63) is 40.6 Å². The van der Waals surface area contributed by atoms with Gasteiger partial charge in [-0.2, -0.15) is 0 Å². The van der Waals surface area contributed by atoms with Gasteiger partial charge in [0, 0.05) is 29.4 Å². The summed E-state index contributed by atoms with van der Waals surface area (Å²) in [7, 11) is 1.69. The first kappa shape index (κ1) is 11.7. The van der Waals surface area contributed by atoms with Gasteiger partial charge in [0.25, 0.3) is 0 Å². The number of amides is 1. The van der Waals surface area contributed by atoms with Crippen LogP contribution in [0.2, 0.25) is 5.02 Å². The number of ketones is 1. The van der Waals surface area contributed by atoms with Crippen LogP contribution in [-0.2, 0) is 4.79 Å². The average molecular weight is 251 g/mol. The smallest absolute Gasteiger partial charge is 0.229 e. The van der Waals surface area contributed by atoms with E-state index in [1.165, 1.54) is 0 Å². The molecule has 5 heteroatoms. The van der Waals surface area contributed by atoms with Gasteiger partial charge in [-0.15, -0.1) is 0 Å². The number of carbonyl (C=O) groups is 2. The van der Waals surface area contributed by atoms with E-state index in [1.807, 2.05) is 0 Å². The normalized spacial score (nSPS) is 17.4. The van der Waals surface area contributed by atoms with Crippen molar-refractivity contribution in [3.63, 3.8) is 0 Å². The van der Waals surface area contributed by atoms with Gasteiger partial charge in [0.2, 0.25) is 5.91 Å². The third-order valence-corrected chi connectivity index (χ3v) is 2.70. The number of halogens is 1. The van der Waals surface area contributed by atoms with Crippen LogP contribution in [0, 0.1) is 0 Å². The quantitative estimate of drug-likeness (QED) is 0.750. The molecule has 1 aromatic rings. The summed E-state index contributed by atoms with van der Waals surface area (Å²) < 4.78 is 0. The van der Waals surface area contributed by atoms with E-state index in [9.17, 15) is 9.59 Å². The maximum atomic E-state index is 12.1. The summed E-state index contributed by atoms with van der Waals surface area (Å²) in [5, 5.41) is 5.92. The first-order chi connectivity index (χ1) is 8.11. The molecule has 1 aliphatic rings. The number of rotatable bonds is 1. The van der Waals surface area contributed by atoms with Crippen molar-refractivity contribution in [1.82, 2.24) is 5.32 Å². The lowest BCUT2D eigenvalue weighted by Gasteiger charge is -2.05. The van der Waals surface area contributed by atoms with E-state index in [-0.39, 0.29) is 18.1 Å². The van der Waals surface area contributed by atoms with E-state index in [0.717, 1.165) is 0 Å². The zero-order chi connectivity index (χ0) is 12.4. The van der Waals surface area contributed by atoms with E-state index >= 15 is 0 Å². The van der Waals surface area contributed by atoms with Gasteiger partial charge in [-0.05, 0) is 18.2 Å². The molecule has 1 heterocycles. The first-order valence-electron chi connectivity index (χ1n) is 5.12. The van der Waals surface area contributed by atoms with Crippen molar-refractivity contribution in [1.29, 1.82) is 0 Å². The fraction of sp³-hybridized carbons (Fsp3) is 0.167. The number of hydrogen-bond acceptors (Lipinski definition) is 3. The predicted octanol–water partition coefficient (Wildman–Crippen LogP) is 1.97. The van der Waals surface area contributed by atoms with Crippen molar-refractivity contribution in [2.75, 3.05) is 12.4 Å². The Bertz CT molecular complexity index is 523. The summed E-state index contributed by atoms with van der Waals surface area (Å²) >= 11 is 5.83. The molecule has 0 radical (unpaired) electrons. The molecule has 0 bridgehead atoms. The third-order valence-electron chi connectivity index (χ3n) is 2.46. The number of fused-ring (bicyclic) bond motifs is 1. The highest BCUT2D eigenvalue weighted by molar-refractivity contribution is 6.31. The minimum absolute atomic E-state index is 0.0615. The molecule has 2 N–H and O–H groups in total. The molecular formula is C12H11ClN2O2. The van der Waals surface area contributed by atoms with Crippen LogP contribution in [0.3, 0.4) is 0 Å². The van der Waals surface area contributed by atoms with E-state index in [2.05, 4.69) is 10.6 Å². The maximum absolute atomic E-state index is 12.1. The molecule has 1 aliphatic heterocycles. The zero-order valence-corrected chi connectivity index (χ0v) is 9.97. The van der Waals surface area contributed by atoms with Gasteiger partial charge in [-0.3, -0.25) is 9.59 Å². The minimum Gasteiger partial charge on any atom is -0.394 e. The number of carbonyl (C=O) groups excluding carboxylic acids is 2. The molecule has 1 aromatic carbocycles. The van der Waals surface area contributed by atoms with Crippen LogP contribution in [0.4, 0.5) is 5.69 Å². The first-order valence-corrected chi connectivity index (χ1v) is 5.50. The maximum Gasteiger partial charge on any atom is 0.229 e. The standard InChI is InChI=1S/C12H11ClN2O2/c1-14-6-7-4-11(16)15-10-5-8(13)2-3-9(10)12(7)17/h2-3,5-6,14H,4H2,1H3,(H,15,16). The second-order valence-electron chi connectivity index (χ2n) is 3.70. The van der Waals surface area contributed by atoms with Crippen molar-refractivity contribution >= 4 is 29.0 Å². The molecular weight excluding hydrogens is 240 g/mol. The lowest BCUT2D eigenvalue weighted by molar-refractivity contribution is -0.115. The summed E-state index contributed by atoms with van der Waals surface area (Å²) in [4.78, 5) is 23.8. The van der Waals surface area contributed by atoms with Gasteiger partial charge < -0.3 is 10.6 Å². The molecule has 2 rings (SSSR count). The predicted molar refractivity (Wildman–Crippen MR) is 66.2 cm³/mol. The Morgan fingerprint density at radius 1 is 1.41 bits per heavy atom. The number of benzene rings is 1. The van der Waals surface area contributed by atoms with Crippen LogP contribution in [0.1, 0.15) is 16.8 Å². The molecule has 0 fully saturated rings. The molecule has 0 saturated heterocycles. The van der Waals surface area contributed by atoms with Gasteiger partial charge in [0.05, 0.1) is 12.1 Å². The highest BCUT2D eigenvalue weighted by Gasteiger charge is 2.23. The van der Waals surface area contributed by atoms with Crippen molar-refractivity contribution in [2.45, 2.75) is 6.42 Å². The summed E-state index contributed by atoms with van der Waals surface area (Å²) in [6, 6.07) is 4.83. The van der Waals surface area contributed by atoms with Gasteiger partial charge in [-0.1, -0.05) is 11.6 Å². The van der Waals surface area contributed by atoms with Crippen LogP contribution in [0.5, 0.6) is 0 Å². The Hall–Kier alpha value is -1.81. The van der Waals surface area contributed by atoms with Crippen LogP contribution < -0.4 is 10.6 Å². The third kappa shape index (κ3) is 2.31. The summed E-state index contributed by atoms with van der Waals surface area (Å²) in [6.45, 7) is 0. The van der Waals surface area contributed by atoms with Crippen LogP contribution >= 0.6 is 11.6 Å². The highest BCUT2D eigenvalue weighted by Crippen LogP contribution is 2.27.